The van der Waals surface area contributed by atoms with Gasteiger partial charge in [-0.1, -0.05) is 48.5 Å². The summed E-state index contributed by atoms with van der Waals surface area (Å²) in [6, 6.07) is 19.5. The molecule has 0 unspecified atom stereocenters. The maximum Gasteiger partial charge on any atom is 0.143 e. The molecule has 1 saturated carbocycles. The second-order valence-corrected chi connectivity index (χ2v) is 7.40. The molecule has 2 atom stereocenters. The number of nitrogens with zero attached hydrogens (tertiary/aromatic N) is 1. The van der Waals surface area contributed by atoms with Crippen LogP contribution in [0.5, 0.6) is 5.75 Å². The van der Waals surface area contributed by atoms with Crippen molar-refractivity contribution in [2.75, 3.05) is 19.6 Å². The highest BCUT2D eigenvalue weighted by Gasteiger charge is 2.52. The Morgan fingerprint density at radius 1 is 1.00 bits per heavy atom. The van der Waals surface area contributed by atoms with Crippen LogP contribution in [0.4, 0.5) is 0 Å². The fraction of sp³-hybridized carbons (Fsp3) is 0.429. The van der Waals surface area contributed by atoms with Crippen LogP contribution in [0.3, 0.4) is 0 Å². The minimum absolute atomic E-state index is 0. The minimum atomic E-state index is -0.162. The second kappa shape index (κ2) is 6.09. The number of halogens is 1. The Kier molecular flexibility index (Phi) is 4.06. The molecule has 0 bridgehead atoms. The maximum absolute atomic E-state index is 6.63. The molecule has 2 aliphatic heterocycles. The summed E-state index contributed by atoms with van der Waals surface area (Å²) in [4.78, 5) is 2.68. The number of likely N-dealkylation sites (tertiary alicyclic amines) is 1. The van der Waals surface area contributed by atoms with Crippen molar-refractivity contribution in [2.45, 2.75) is 30.8 Å². The molecule has 24 heavy (non-hydrogen) atoms. The number of piperidine rings is 1. The Bertz CT molecular complexity index is 715. The van der Waals surface area contributed by atoms with Gasteiger partial charge >= 0.3 is 0 Å². The van der Waals surface area contributed by atoms with E-state index in [0.717, 1.165) is 31.2 Å². The van der Waals surface area contributed by atoms with Gasteiger partial charge in [-0.3, -0.25) is 0 Å². The van der Waals surface area contributed by atoms with Gasteiger partial charge in [-0.25, -0.2) is 0 Å². The van der Waals surface area contributed by atoms with Crippen molar-refractivity contribution in [2.24, 2.45) is 5.92 Å². The second-order valence-electron chi connectivity index (χ2n) is 7.40. The van der Waals surface area contributed by atoms with Gasteiger partial charge in [-0.05, 0) is 30.4 Å². The number of hydrogen-bond acceptors (Lipinski definition) is 2. The van der Waals surface area contributed by atoms with Crippen molar-refractivity contribution in [1.82, 2.24) is 4.90 Å². The number of rotatable bonds is 3. The Morgan fingerprint density at radius 3 is 2.54 bits per heavy atom. The van der Waals surface area contributed by atoms with Gasteiger partial charge in [-0.2, -0.15) is 0 Å². The third kappa shape index (κ3) is 2.53. The molecule has 0 N–H and O–H groups in total. The van der Waals surface area contributed by atoms with Crippen molar-refractivity contribution in [3.8, 4) is 5.75 Å². The number of ether oxygens (including phenoxy) is 1. The number of para-hydroxylation sites is 1. The van der Waals surface area contributed by atoms with Gasteiger partial charge in [0.05, 0.1) is 0 Å². The molecule has 3 aliphatic rings. The van der Waals surface area contributed by atoms with E-state index in [1.165, 1.54) is 30.5 Å². The van der Waals surface area contributed by atoms with Crippen molar-refractivity contribution < 1.29 is 4.74 Å². The van der Waals surface area contributed by atoms with Gasteiger partial charge < -0.3 is 9.64 Å². The van der Waals surface area contributed by atoms with Crippen molar-refractivity contribution in [3.05, 3.63) is 65.7 Å². The molecule has 0 radical (unpaired) electrons. The van der Waals surface area contributed by atoms with E-state index in [0.29, 0.717) is 5.92 Å². The van der Waals surface area contributed by atoms with E-state index in [1.54, 1.807) is 0 Å². The van der Waals surface area contributed by atoms with E-state index >= 15 is 0 Å². The van der Waals surface area contributed by atoms with Gasteiger partial charge in [0.1, 0.15) is 11.4 Å². The molecule has 1 saturated heterocycles. The lowest BCUT2D eigenvalue weighted by atomic mass is 9.74. The van der Waals surface area contributed by atoms with Gasteiger partial charge in [0.25, 0.3) is 0 Å². The first-order chi connectivity index (χ1) is 11.4. The fourth-order valence-corrected chi connectivity index (χ4v) is 4.48. The van der Waals surface area contributed by atoms with Crippen molar-refractivity contribution in [1.29, 1.82) is 0 Å². The van der Waals surface area contributed by atoms with Crippen molar-refractivity contribution in [3.63, 3.8) is 0 Å². The van der Waals surface area contributed by atoms with Crippen LogP contribution < -0.4 is 4.74 Å². The summed E-state index contributed by atoms with van der Waals surface area (Å²) < 4.78 is 6.63. The average Bonchev–Trinajstić information content (AvgIpc) is 3.35. The molecule has 126 valence electrons. The molecule has 0 amide bonds. The number of fused-ring (bicyclic) bond motifs is 3. The molecule has 1 aliphatic carbocycles. The van der Waals surface area contributed by atoms with Crippen LogP contribution in [-0.2, 0) is 5.60 Å². The van der Waals surface area contributed by atoms with Crippen LogP contribution in [0.1, 0.15) is 36.3 Å². The highest BCUT2D eigenvalue weighted by molar-refractivity contribution is 5.85. The third-order valence-electron chi connectivity index (χ3n) is 5.87. The van der Waals surface area contributed by atoms with E-state index in [-0.39, 0.29) is 18.0 Å². The van der Waals surface area contributed by atoms with Crippen LogP contribution in [0.25, 0.3) is 0 Å². The predicted octanol–water partition coefficient (Wildman–Crippen LogP) is 4.60. The highest BCUT2D eigenvalue weighted by Crippen LogP contribution is 2.54. The first-order valence-electron chi connectivity index (χ1n) is 8.91. The standard InChI is InChI=1S/C21H23NO.ClH/c1-2-6-17(7-3-1)21-12-13-22(14-16-10-11-16)15-19(21)18-8-4-5-9-20(18)23-21;/h1-9,16,19H,10-15H2;1H/t19-,21+;/m0./s1. The topological polar surface area (TPSA) is 12.5 Å². The summed E-state index contributed by atoms with van der Waals surface area (Å²) in [6.07, 6.45) is 3.94. The average molecular weight is 342 g/mol. The number of benzene rings is 2. The van der Waals surface area contributed by atoms with E-state index in [2.05, 4.69) is 59.5 Å². The fourth-order valence-electron chi connectivity index (χ4n) is 4.48. The van der Waals surface area contributed by atoms with E-state index < -0.39 is 0 Å². The van der Waals surface area contributed by atoms with Gasteiger partial charge in [0.15, 0.2) is 0 Å². The zero-order chi connectivity index (χ0) is 15.3. The zero-order valence-corrected chi connectivity index (χ0v) is 14.7. The number of hydrogen-bond donors (Lipinski definition) is 0. The zero-order valence-electron chi connectivity index (χ0n) is 13.9. The third-order valence-corrected chi connectivity index (χ3v) is 5.87. The summed E-state index contributed by atoms with van der Waals surface area (Å²) >= 11 is 0. The normalized spacial score (nSPS) is 28.4. The molecule has 2 aromatic rings. The summed E-state index contributed by atoms with van der Waals surface area (Å²) in [5.74, 6) is 2.50. The molecule has 2 fully saturated rings. The van der Waals surface area contributed by atoms with Crippen LogP contribution in [0.15, 0.2) is 54.6 Å². The van der Waals surface area contributed by atoms with Gasteiger partial charge in [-0.15, -0.1) is 12.4 Å². The molecule has 2 nitrogen and oxygen atoms in total. The molecular weight excluding hydrogens is 318 g/mol. The minimum Gasteiger partial charge on any atom is -0.482 e. The Hall–Kier alpha value is -1.51. The molecular formula is C21H24ClNO. The van der Waals surface area contributed by atoms with E-state index in [4.69, 9.17) is 4.74 Å². The molecule has 0 aromatic heterocycles. The monoisotopic (exact) mass is 341 g/mol. The highest BCUT2D eigenvalue weighted by atomic mass is 35.5. The van der Waals surface area contributed by atoms with E-state index in [1.807, 2.05) is 0 Å². The Morgan fingerprint density at radius 2 is 1.75 bits per heavy atom. The molecule has 2 heterocycles. The lowest BCUT2D eigenvalue weighted by molar-refractivity contribution is -0.00135. The van der Waals surface area contributed by atoms with Crippen molar-refractivity contribution >= 4 is 12.4 Å². The van der Waals surface area contributed by atoms with Crippen LogP contribution >= 0.6 is 12.4 Å². The first kappa shape index (κ1) is 16.0. The Labute approximate surface area is 150 Å². The summed E-state index contributed by atoms with van der Waals surface area (Å²) in [6.45, 7) is 3.56. The lowest BCUT2D eigenvalue weighted by Gasteiger charge is -2.43. The lowest BCUT2D eigenvalue weighted by Crippen LogP contribution is -2.49. The molecule has 5 rings (SSSR count). The summed E-state index contributed by atoms with van der Waals surface area (Å²) in [7, 11) is 0. The summed E-state index contributed by atoms with van der Waals surface area (Å²) in [5.41, 5.74) is 2.58. The van der Waals surface area contributed by atoms with E-state index in [9.17, 15) is 0 Å². The quantitative estimate of drug-likeness (QED) is 0.809. The van der Waals surface area contributed by atoms with Crippen LogP contribution in [-0.4, -0.2) is 24.5 Å². The first-order valence-corrected chi connectivity index (χ1v) is 8.91. The summed E-state index contributed by atoms with van der Waals surface area (Å²) in [5, 5.41) is 0. The smallest absolute Gasteiger partial charge is 0.143 e. The largest absolute Gasteiger partial charge is 0.482 e. The van der Waals surface area contributed by atoms with Gasteiger partial charge in [0.2, 0.25) is 0 Å². The SMILES string of the molecule is Cl.c1ccc([C@]23CCN(CC4CC4)C[C@H]2c2ccccc2O3)cc1. The van der Waals surface area contributed by atoms with Crippen LogP contribution in [0.2, 0.25) is 0 Å². The predicted molar refractivity (Wildman–Crippen MR) is 99.0 cm³/mol. The molecule has 3 heteroatoms. The molecule has 0 spiro atoms. The molecule has 2 aromatic carbocycles. The Balaban J connectivity index is 0.00000146. The van der Waals surface area contributed by atoms with Gasteiger partial charge in [0, 0.05) is 37.5 Å². The van der Waals surface area contributed by atoms with Crippen LogP contribution in [0, 0.1) is 5.92 Å². The maximum atomic E-state index is 6.63.